The lowest BCUT2D eigenvalue weighted by molar-refractivity contribution is 0.288. The Kier molecular flexibility index (Phi) is 6.57. The lowest BCUT2D eigenvalue weighted by atomic mass is 9.98. The zero-order valence-electron chi connectivity index (χ0n) is 20.6. The lowest BCUT2D eigenvalue weighted by Crippen LogP contribution is -2.15. The molecule has 3 heterocycles. The second kappa shape index (κ2) is 10.1. The molecule has 0 aliphatic carbocycles. The van der Waals surface area contributed by atoms with Crippen LogP contribution in [0.1, 0.15) is 35.5 Å². The molecule has 3 aromatic carbocycles. The fraction of sp³-hybridized carbons (Fsp3) is 0.200. The minimum Gasteiger partial charge on any atom is -0.486 e. The van der Waals surface area contributed by atoms with E-state index in [1.807, 2.05) is 40.9 Å². The van der Waals surface area contributed by atoms with Crippen molar-refractivity contribution in [3.8, 4) is 16.9 Å². The first-order valence-electron chi connectivity index (χ1n) is 12.5. The molecule has 186 valence electrons. The van der Waals surface area contributed by atoms with Gasteiger partial charge in [-0.25, -0.2) is 4.52 Å². The molecule has 1 aliphatic heterocycles. The van der Waals surface area contributed by atoms with Gasteiger partial charge in [-0.1, -0.05) is 70.6 Å². The highest BCUT2D eigenvalue weighted by Crippen LogP contribution is 2.37. The molecule has 7 heteroatoms. The van der Waals surface area contributed by atoms with Crippen LogP contribution in [0.2, 0.25) is 0 Å². The molecule has 0 saturated heterocycles. The van der Waals surface area contributed by atoms with E-state index in [1.54, 1.807) is 0 Å². The molecule has 0 atom stereocenters. The highest BCUT2D eigenvalue weighted by atomic mass is 79.9. The lowest BCUT2D eigenvalue weighted by Gasteiger charge is -2.12. The van der Waals surface area contributed by atoms with Gasteiger partial charge in [-0.05, 0) is 73.7 Å². The second-order valence-electron chi connectivity index (χ2n) is 9.39. The van der Waals surface area contributed by atoms with Crippen LogP contribution >= 0.6 is 28.1 Å². The SMILES string of the molecule is Cc1cccc(NC(=S)c2c(-c3ccccc3)c3c4n(c(COc5ccc(Br)cc5)nn24)CCCC3)c1. The number of nitrogens with one attached hydrogen (secondary N) is 1. The van der Waals surface area contributed by atoms with E-state index in [4.69, 9.17) is 22.1 Å². The normalized spacial score (nSPS) is 12.9. The fourth-order valence-corrected chi connectivity index (χ4v) is 5.70. The number of hydrogen-bond donors (Lipinski definition) is 1. The molecule has 0 spiro atoms. The maximum Gasteiger partial charge on any atom is 0.169 e. The van der Waals surface area contributed by atoms with Crippen LogP contribution in [0, 0.1) is 6.92 Å². The van der Waals surface area contributed by atoms with Gasteiger partial charge in [0, 0.05) is 27.8 Å². The van der Waals surface area contributed by atoms with Gasteiger partial charge in [0.2, 0.25) is 0 Å². The molecule has 0 amide bonds. The zero-order valence-corrected chi connectivity index (χ0v) is 23.0. The summed E-state index contributed by atoms with van der Waals surface area (Å²) in [6, 6.07) is 26.7. The van der Waals surface area contributed by atoms with E-state index >= 15 is 0 Å². The molecule has 0 radical (unpaired) electrons. The average Bonchev–Trinajstić information content (AvgIpc) is 3.30. The maximum atomic E-state index is 6.15. The topological polar surface area (TPSA) is 43.5 Å². The van der Waals surface area contributed by atoms with Crippen molar-refractivity contribution < 1.29 is 4.74 Å². The van der Waals surface area contributed by atoms with Crippen LogP contribution in [0.4, 0.5) is 5.69 Å². The first-order chi connectivity index (χ1) is 18.1. The number of thiocarbonyl (C=S) groups is 1. The van der Waals surface area contributed by atoms with Crippen molar-refractivity contribution >= 4 is 44.5 Å². The molecule has 5 nitrogen and oxygen atoms in total. The molecule has 6 rings (SSSR count). The van der Waals surface area contributed by atoms with Gasteiger partial charge in [0.15, 0.2) is 5.82 Å². The predicted molar refractivity (Wildman–Crippen MR) is 157 cm³/mol. The molecule has 1 N–H and O–H groups in total. The van der Waals surface area contributed by atoms with Crippen LogP contribution in [-0.4, -0.2) is 19.2 Å². The summed E-state index contributed by atoms with van der Waals surface area (Å²) in [6.45, 7) is 3.38. The molecule has 2 aromatic heterocycles. The van der Waals surface area contributed by atoms with Gasteiger partial charge >= 0.3 is 0 Å². The molecule has 0 saturated carbocycles. The van der Waals surface area contributed by atoms with E-state index in [9.17, 15) is 0 Å². The molecular weight excluding hydrogens is 544 g/mol. The molecule has 0 unspecified atom stereocenters. The standard InChI is InChI=1S/C30H27BrN4OS/c1-20-8-7-11-23(18-20)32-29(37)28-27(21-9-3-2-4-10-21)25-12-5-6-17-34-26(33-35(28)30(25)34)19-36-24-15-13-22(31)14-16-24/h2-4,7-11,13-16,18H,5-6,12,17,19H2,1H3,(H,32,37). The Bertz CT molecular complexity index is 1590. The van der Waals surface area contributed by atoms with Gasteiger partial charge in [0.25, 0.3) is 0 Å². The van der Waals surface area contributed by atoms with Gasteiger partial charge in [0.05, 0.1) is 0 Å². The van der Waals surface area contributed by atoms with Crippen molar-refractivity contribution in [1.82, 2.24) is 14.2 Å². The number of aromatic nitrogens is 3. The summed E-state index contributed by atoms with van der Waals surface area (Å²) in [5, 5.41) is 8.60. The number of aryl methyl sites for hydroxylation is 3. The van der Waals surface area contributed by atoms with Crippen LogP contribution in [0.3, 0.4) is 0 Å². The summed E-state index contributed by atoms with van der Waals surface area (Å²) in [7, 11) is 0. The number of hydrogen-bond acceptors (Lipinski definition) is 3. The first kappa shape index (κ1) is 23.9. The van der Waals surface area contributed by atoms with E-state index in [-0.39, 0.29) is 0 Å². The van der Waals surface area contributed by atoms with E-state index < -0.39 is 0 Å². The molecule has 5 aromatic rings. The van der Waals surface area contributed by atoms with Gasteiger partial charge in [-0.3, -0.25) is 0 Å². The van der Waals surface area contributed by atoms with E-state index in [1.165, 1.54) is 16.7 Å². The average molecular weight is 572 g/mol. The van der Waals surface area contributed by atoms with Gasteiger partial charge < -0.3 is 14.6 Å². The zero-order chi connectivity index (χ0) is 25.4. The Morgan fingerprint density at radius 3 is 2.62 bits per heavy atom. The Balaban J connectivity index is 1.48. The van der Waals surface area contributed by atoms with Crippen LogP contribution in [-0.2, 0) is 19.6 Å². The minimum atomic E-state index is 0.390. The highest BCUT2D eigenvalue weighted by Gasteiger charge is 2.29. The number of ether oxygens (including phenoxy) is 1. The van der Waals surface area contributed by atoms with Crippen molar-refractivity contribution in [1.29, 1.82) is 0 Å². The van der Waals surface area contributed by atoms with E-state index in [2.05, 4.69) is 75.2 Å². The van der Waals surface area contributed by atoms with Crippen molar-refractivity contribution in [2.24, 2.45) is 0 Å². The quantitative estimate of drug-likeness (QED) is 0.214. The number of anilines is 1. The third kappa shape index (κ3) is 4.69. The Morgan fingerprint density at radius 2 is 1.84 bits per heavy atom. The Morgan fingerprint density at radius 1 is 1.03 bits per heavy atom. The summed E-state index contributed by atoms with van der Waals surface area (Å²) < 4.78 is 11.6. The molecule has 0 bridgehead atoms. The fourth-order valence-electron chi connectivity index (χ4n) is 5.13. The molecular formula is C30H27BrN4OS. The summed E-state index contributed by atoms with van der Waals surface area (Å²) in [5.74, 6) is 1.72. The van der Waals surface area contributed by atoms with Gasteiger partial charge in [-0.15, -0.1) is 5.10 Å². The second-order valence-corrected chi connectivity index (χ2v) is 10.7. The summed E-state index contributed by atoms with van der Waals surface area (Å²) in [4.78, 5) is 0.663. The van der Waals surface area contributed by atoms with Gasteiger partial charge in [-0.2, -0.15) is 0 Å². The maximum absolute atomic E-state index is 6.15. The van der Waals surface area contributed by atoms with Crippen LogP contribution < -0.4 is 10.1 Å². The first-order valence-corrected chi connectivity index (χ1v) is 13.7. The largest absolute Gasteiger partial charge is 0.486 e. The van der Waals surface area contributed by atoms with E-state index in [0.717, 1.165) is 64.4 Å². The number of benzene rings is 3. The molecule has 1 aliphatic rings. The van der Waals surface area contributed by atoms with Crippen molar-refractivity contribution in [2.75, 3.05) is 5.32 Å². The van der Waals surface area contributed by atoms with Gasteiger partial charge in [0.1, 0.15) is 28.7 Å². The molecule has 0 fully saturated rings. The summed E-state index contributed by atoms with van der Waals surface area (Å²) >= 11 is 9.55. The molecule has 37 heavy (non-hydrogen) atoms. The number of nitrogens with zero attached hydrogens (tertiary/aromatic N) is 3. The monoisotopic (exact) mass is 570 g/mol. The third-order valence-corrected chi connectivity index (χ3v) is 7.62. The number of halogens is 1. The smallest absolute Gasteiger partial charge is 0.169 e. The predicted octanol–water partition coefficient (Wildman–Crippen LogP) is 7.58. The van der Waals surface area contributed by atoms with E-state index in [0.29, 0.717) is 11.6 Å². The Hall–Kier alpha value is -3.42. The van der Waals surface area contributed by atoms with Crippen LogP contribution in [0.15, 0.2) is 83.3 Å². The number of rotatable bonds is 6. The Labute approximate surface area is 230 Å². The van der Waals surface area contributed by atoms with Crippen molar-refractivity contribution in [3.05, 3.63) is 106 Å². The minimum absolute atomic E-state index is 0.390. The van der Waals surface area contributed by atoms with Crippen LogP contribution in [0.25, 0.3) is 16.8 Å². The summed E-state index contributed by atoms with van der Waals surface area (Å²) in [6.07, 6.45) is 3.20. The van der Waals surface area contributed by atoms with Crippen molar-refractivity contribution in [2.45, 2.75) is 39.3 Å². The van der Waals surface area contributed by atoms with Crippen LogP contribution in [0.5, 0.6) is 5.75 Å². The third-order valence-electron chi connectivity index (χ3n) is 6.80. The van der Waals surface area contributed by atoms with Crippen molar-refractivity contribution in [3.63, 3.8) is 0 Å². The summed E-state index contributed by atoms with van der Waals surface area (Å²) in [5.41, 5.74) is 7.84. The highest BCUT2D eigenvalue weighted by molar-refractivity contribution is 9.10.